The molecule has 0 radical (unpaired) electrons. The van der Waals surface area contributed by atoms with Crippen molar-refractivity contribution in [3.63, 3.8) is 0 Å². The molecule has 0 saturated heterocycles. The van der Waals surface area contributed by atoms with Crippen LogP contribution in [0, 0.1) is 17.3 Å². The Morgan fingerprint density at radius 3 is 2.28 bits per heavy atom. The van der Waals surface area contributed by atoms with Gasteiger partial charge in [-0.25, -0.2) is 0 Å². The highest BCUT2D eigenvalue weighted by molar-refractivity contribution is 5.78. The predicted molar refractivity (Wildman–Crippen MR) is 72.4 cm³/mol. The second kappa shape index (κ2) is 7.13. The Balaban J connectivity index is 2.96. The van der Waals surface area contributed by atoms with E-state index in [0.29, 0.717) is 25.7 Å². The molecule has 0 amide bonds. The second-order valence-corrected chi connectivity index (χ2v) is 5.53. The summed E-state index contributed by atoms with van der Waals surface area (Å²) in [7, 11) is 0. The van der Waals surface area contributed by atoms with Gasteiger partial charge in [0.1, 0.15) is 0 Å². The number of carbonyl (C=O) groups is 1. The van der Waals surface area contributed by atoms with Crippen LogP contribution in [0.2, 0.25) is 0 Å². The molecule has 3 nitrogen and oxygen atoms in total. The lowest BCUT2D eigenvalue weighted by molar-refractivity contribution is -0.169. The molecule has 0 aliphatic heterocycles. The maximum atomic E-state index is 12.5. The highest BCUT2D eigenvalue weighted by atomic mass is 16.5. The van der Waals surface area contributed by atoms with Crippen molar-refractivity contribution in [1.29, 1.82) is 0 Å². The Hall–Kier alpha value is -0.570. The van der Waals surface area contributed by atoms with Crippen LogP contribution in [0.15, 0.2) is 0 Å². The molecule has 1 unspecified atom stereocenters. The average Bonchev–Trinajstić information content (AvgIpc) is 2.84. The van der Waals surface area contributed by atoms with E-state index in [1.165, 1.54) is 12.8 Å². The van der Waals surface area contributed by atoms with Gasteiger partial charge in [0, 0.05) is 6.61 Å². The molecule has 1 rings (SSSR count). The lowest BCUT2D eigenvalue weighted by Crippen LogP contribution is -2.47. The third kappa shape index (κ3) is 3.05. The summed E-state index contributed by atoms with van der Waals surface area (Å²) >= 11 is 0. The molecule has 1 saturated carbocycles. The molecule has 1 atom stereocenters. The first-order valence-electron chi connectivity index (χ1n) is 7.34. The van der Waals surface area contributed by atoms with Crippen LogP contribution >= 0.6 is 0 Å². The smallest absolute Gasteiger partial charge is 0.314 e. The van der Waals surface area contributed by atoms with E-state index in [1.807, 2.05) is 13.8 Å². The Morgan fingerprint density at radius 2 is 1.83 bits per heavy atom. The van der Waals surface area contributed by atoms with Gasteiger partial charge in [-0.05, 0) is 38.5 Å². The average molecular weight is 256 g/mol. The Labute approximate surface area is 111 Å². The summed E-state index contributed by atoms with van der Waals surface area (Å²) in [5.74, 6) is 0.620. The first kappa shape index (κ1) is 15.5. The normalized spacial score (nSPS) is 20.1. The van der Waals surface area contributed by atoms with Gasteiger partial charge in [-0.15, -0.1) is 0 Å². The van der Waals surface area contributed by atoms with Crippen molar-refractivity contribution >= 4 is 5.97 Å². The molecular weight excluding hydrogens is 228 g/mol. The van der Waals surface area contributed by atoms with Gasteiger partial charge in [0.05, 0.1) is 18.6 Å². The highest BCUT2D eigenvalue weighted by Crippen LogP contribution is 2.46. The minimum atomic E-state index is -0.442. The molecule has 18 heavy (non-hydrogen) atoms. The summed E-state index contributed by atoms with van der Waals surface area (Å²) in [6.07, 6.45) is 4.71. The summed E-state index contributed by atoms with van der Waals surface area (Å²) in [6.45, 7) is 9.70. The van der Waals surface area contributed by atoms with E-state index in [1.54, 1.807) is 0 Å². The quantitative estimate of drug-likeness (QED) is 0.655. The summed E-state index contributed by atoms with van der Waals surface area (Å²) in [5.41, 5.74) is -0.442. The van der Waals surface area contributed by atoms with Gasteiger partial charge in [0.25, 0.3) is 0 Å². The number of hydrogen-bond acceptors (Lipinski definition) is 3. The van der Waals surface area contributed by atoms with E-state index in [4.69, 9.17) is 9.47 Å². The zero-order valence-electron chi connectivity index (χ0n) is 12.3. The van der Waals surface area contributed by atoms with Crippen LogP contribution in [-0.2, 0) is 14.3 Å². The molecule has 0 heterocycles. The van der Waals surface area contributed by atoms with Crippen molar-refractivity contribution in [2.24, 2.45) is 17.3 Å². The number of rotatable bonds is 7. The van der Waals surface area contributed by atoms with Gasteiger partial charge in [-0.3, -0.25) is 4.79 Å². The van der Waals surface area contributed by atoms with Gasteiger partial charge < -0.3 is 9.47 Å². The molecule has 1 aliphatic carbocycles. The third-order valence-electron chi connectivity index (χ3n) is 4.31. The molecule has 0 aromatic rings. The molecule has 3 heteroatoms. The van der Waals surface area contributed by atoms with E-state index in [-0.39, 0.29) is 11.9 Å². The zero-order chi connectivity index (χ0) is 13.6. The molecular formula is C15H28O3. The first-order chi connectivity index (χ1) is 8.59. The molecule has 0 aromatic carbocycles. The summed E-state index contributed by atoms with van der Waals surface area (Å²) in [5, 5.41) is 0. The first-order valence-corrected chi connectivity index (χ1v) is 7.34. The zero-order valence-corrected chi connectivity index (χ0v) is 12.3. The van der Waals surface area contributed by atoms with Crippen LogP contribution in [0.5, 0.6) is 0 Å². The fourth-order valence-corrected chi connectivity index (χ4v) is 3.19. The number of hydrogen-bond donors (Lipinski definition) is 0. The molecule has 1 aliphatic rings. The van der Waals surface area contributed by atoms with E-state index in [9.17, 15) is 4.79 Å². The van der Waals surface area contributed by atoms with E-state index >= 15 is 0 Å². The highest BCUT2D eigenvalue weighted by Gasteiger charge is 2.50. The Kier molecular flexibility index (Phi) is 6.13. The molecule has 0 spiro atoms. The minimum Gasteiger partial charge on any atom is -0.465 e. The van der Waals surface area contributed by atoms with Crippen LogP contribution in [0.1, 0.15) is 53.4 Å². The Bertz CT molecular complexity index is 256. The number of carbonyl (C=O) groups excluding carboxylic acids is 1. The molecule has 1 fully saturated rings. The molecule has 106 valence electrons. The van der Waals surface area contributed by atoms with Crippen LogP contribution in [0.25, 0.3) is 0 Å². The third-order valence-corrected chi connectivity index (χ3v) is 4.31. The molecule has 0 aromatic heterocycles. The van der Waals surface area contributed by atoms with Crippen LogP contribution in [-0.4, -0.2) is 25.8 Å². The minimum absolute atomic E-state index is 0.0552. The van der Waals surface area contributed by atoms with Crippen molar-refractivity contribution in [2.75, 3.05) is 19.8 Å². The van der Waals surface area contributed by atoms with Crippen LogP contribution in [0.4, 0.5) is 0 Å². The van der Waals surface area contributed by atoms with E-state index in [0.717, 1.165) is 12.8 Å². The van der Waals surface area contributed by atoms with Crippen molar-refractivity contribution in [3.8, 4) is 0 Å². The van der Waals surface area contributed by atoms with Crippen molar-refractivity contribution < 1.29 is 14.3 Å². The van der Waals surface area contributed by atoms with Crippen molar-refractivity contribution in [3.05, 3.63) is 0 Å². The monoisotopic (exact) mass is 256 g/mol. The van der Waals surface area contributed by atoms with Gasteiger partial charge in [0.2, 0.25) is 0 Å². The van der Waals surface area contributed by atoms with Gasteiger partial charge in [-0.2, -0.15) is 0 Å². The van der Waals surface area contributed by atoms with E-state index < -0.39 is 5.41 Å². The fraction of sp³-hybridized carbons (Fsp3) is 0.933. The standard InChI is InChI=1S/C15H28O3/c1-5-17-11-15(12(3)4,14(16)18-6-2)13-9-7-8-10-13/h12-13H,5-11H2,1-4H3. The van der Waals surface area contributed by atoms with Crippen LogP contribution in [0.3, 0.4) is 0 Å². The topological polar surface area (TPSA) is 35.5 Å². The SMILES string of the molecule is CCOCC(C(=O)OCC)(C(C)C)C1CCCC1. The van der Waals surface area contributed by atoms with Crippen molar-refractivity contribution in [2.45, 2.75) is 53.4 Å². The maximum absolute atomic E-state index is 12.5. The lowest BCUT2D eigenvalue weighted by atomic mass is 9.67. The molecule has 0 bridgehead atoms. The number of esters is 1. The largest absolute Gasteiger partial charge is 0.465 e. The second-order valence-electron chi connectivity index (χ2n) is 5.53. The van der Waals surface area contributed by atoms with Crippen molar-refractivity contribution in [1.82, 2.24) is 0 Å². The van der Waals surface area contributed by atoms with E-state index in [2.05, 4.69) is 13.8 Å². The summed E-state index contributed by atoms with van der Waals surface area (Å²) < 4.78 is 11.0. The fourth-order valence-electron chi connectivity index (χ4n) is 3.19. The summed E-state index contributed by atoms with van der Waals surface area (Å²) in [4.78, 5) is 12.5. The maximum Gasteiger partial charge on any atom is 0.314 e. The molecule has 0 N–H and O–H groups in total. The number of ether oxygens (including phenoxy) is 2. The van der Waals surface area contributed by atoms with Gasteiger partial charge in [0.15, 0.2) is 0 Å². The van der Waals surface area contributed by atoms with Gasteiger partial charge >= 0.3 is 5.97 Å². The predicted octanol–water partition coefficient (Wildman–Crippen LogP) is 3.42. The van der Waals surface area contributed by atoms with Crippen LogP contribution < -0.4 is 0 Å². The van der Waals surface area contributed by atoms with Gasteiger partial charge in [-0.1, -0.05) is 26.7 Å². The lowest BCUT2D eigenvalue weighted by Gasteiger charge is -2.39. The summed E-state index contributed by atoms with van der Waals surface area (Å²) in [6, 6.07) is 0. The Morgan fingerprint density at radius 1 is 1.22 bits per heavy atom.